The zero-order chi connectivity index (χ0) is 8.24. The topological polar surface area (TPSA) is 50.9 Å². The first-order chi connectivity index (χ1) is 4.91. The Morgan fingerprint density at radius 3 is 2.45 bits per heavy atom. The molecule has 0 atom stereocenters. The minimum Gasteiger partial charge on any atom is -0.413 e. The Morgan fingerprint density at radius 2 is 2.09 bits per heavy atom. The molecular formula is C7H16O3Y. The zero-order valence-electron chi connectivity index (χ0n) is 6.99. The van der Waals surface area contributed by atoms with Crippen LogP contribution in [0.4, 0.5) is 0 Å². The molecule has 0 rings (SSSR count). The Labute approximate surface area is 93.4 Å². The largest absolute Gasteiger partial charge is 0.413 e. The van der Waals surface area contributed by atoms with Crippen LogP contribution in [0.1, 0.15) is 12.8 Å². The first-order valence-electron chi connectivity index (χ1n) is 3.19. The minimum absolute atomic E-state index is 0. The average Bonchev–Trinajstić information content (AvgIpc) is 2.02. The van der Waals surface area contributed by atoms with Crippen molar-refractivity contribution in [2.45, 2.75) is 12.8 Å². The molecule has 0 aliphatic carbocycles. The van der Waals surface area contributed by atoms with Gasteiger partial charge < -0.3 is 16.8 Å². The van der Waals surface area contributed by atoms with Crippen LogP contribution < -0.4 is 0 Å². The molecule has 0 unspecified atom stereocenters. The summed E-state index contributed by atoms with van der Waals surface area (Å²) in [5, 5.41) is 7.00. The standard InChI is InChI=1S/C6H11O2.CH4O.Y/c1-2-8-6-4-3-5-7;1-2;/h5H,1-4,6H2;2H,1H3;/q-1;;/p+1. The van der Waals surface area contributed by atoms with Crippen molar-refractivity contribution in [3.63, 3.8) is 0 Å². The first-order valence-corrected chi connectivity index (χ1v) is 3.19. The van der Waals surface area contributed by atoms with Gasteiger partial charge >= 0.3 is 0 Å². The fourth-order valence-corrected chi connectivity index (χ4v) is 0.379. The van der Waals surface area contributed by atoms with Crippen LogP contribution in [0.25, 0.3) is 0 Å². The molecule has 0 saturated carbocycles. The van der Waals surface area contributed by atoms with Crippen LogP contribution in [0.5, 0.6) is 0 Å². The number of aldehydes is 1. The summed E-state index contributed by atoms with van der Waals surface area (Å²) in [6, 6.07) is 0. The summed E-state index contributed by atoms with van der Waals surface area (Å²) < 4.78 is 4.89. The summed E-state index contributed by atoms with van der Waals surface area (Å²) >= 11 is 0. The molecular weight excluding hydrogens is 221 g/mol. The van der Waals surface area contributed by atoms with Crippen LogP contribution in [0.15, 0.2) is 0 Å². The molecule has 0 amide bonds. The summed E-state index contributed by atoms with van der Waals surface area (Å²) in [6.45, 7) is 4.70. The van der Waals surface area contributed by atoms with Gasteiger partial charge in [-0.05, 0) is 6.42 Å². The smallest absolute Gasteiger partial charge is 0.281 e. The summed E-state index contributed by atoms with van der Waals surface area (Å²) in [5.41, 5.74) is 0. The van der Waals surface area contributed by atoms with Gasteiger partial charge in [0, 0.05) is 46.4 Å². The zero-order valence-corrected chi connectivity index (χ0v) is 9.83. The number of carbonyl (C=O) groups excluding carboxylic acids is 1. The van der Waals surface area contributed by atoms with Crippen molar-refractivity contribution in [1.82, 2.24) is 0 Å². The SMILES string of the molecule is CO.[CH2-]COCCCC=[OH+].[Y]. The van der Waals surface area contributed by atoms with Gasteiger partial charge in [-0.3, -0.25) is 4.79 Å². The molecule has 0 aliphatic rings. The van der Waals surface area contributed by atoms with Gasteiger partial charge in [-0.15, -0.1) is 0 Å². The summed E-state index contributed by atoms with van der Waals surface area (Å²) in [4.78, 5) is 8.17. The van der Waals surface area contributed by atoms with Gasteiger partial charge in [-0.25, -0.2) is 0 Å². The number of hydrogen-bond acceptors (Lipinski definition) is 2. The van der Waals surface area contributed by atoms with Gasteiger partial charge in [-0.1, -0.05) is 6.61 Å². The fourth-order valence-electron chi connectivity index (χ4n) is 0.379. The van der Waals surface area contributed by atoms with Crippen molar-refractivity contribution in [2.24, 2.45) is 0 Å². The predicted octanol–water partition coefficient (Wildman–Crippen LogP) is 0.398. The molecule has 0 saturated heterocycles. The number of ether oxygens (including phenoxy) is 1. The molecule has 0 fully saturated rings. The van der Waals surface area contributed by atoms with Crippen LogP contribution in [-0.2, 0) is 37.4 Å². The molecule has 1 radical (unpaired) electrons. The number of unbranched alkanes of at least 4 members (excludes halogenated alkanes) is 1. The minimum atomic E-state index is 0. The Hall–Kier alpha value is 0.694. The summed E-state index contributed by atoms with van der Waals surface area (Å²) in [7, 11) is 1.00. The van der Waals surface area contributed by atoms with Crippen molar-refractivity contribution in [3.05, 3.63) is 6.92 Å². The van der Waals surface area contributed by atoms with E-state index in [1.165, 1.54) is 0 Å². The number of aliphatic hydroxyl groups excluding tert-OH is 1. The van der Waals surface area contributed by atoms with E-state index in [9.17, 15) is 0 Å². The van der Waals surface area contributed by atoms with Crippen LogP contribution in [-0.4, -0.2) is 36.5 Å². The van der Waals surface area contributed by atoms with Crippen LogP contribution in [0.3, 0.4) is 0 Å². The second-order valence-corrected chi connectivity index (χ2v) is 1.44. The molecule has 0 aliphatic heterocycles. The third-order valence-corrected chi connectivity index (χ3v) is 0.766. The van der Waals surface area contributed by atoms with Crippen LogP contribution in [0, 0.1) is 6.92 Å². The molecule has 0 aromatic carbocycles. The van der Waals surface area contributed by atoms with E-state index in [2.05, 4.69) is 6.92 Å². The second kappa shape index (κ2) is 22.4. The maximum atomic E-state index is 8.17. The van der Waals surface area contributed by atoms with Crippen LogP contribution >= 0.6 is 0 Å². The van der Waals surface area contributed by atoms with Gasteiger partial charge in [0.2, 0.25) is 0 Å². The van der Waals surface area contributed by atoms with Crippen molar-refractivity contribution < 1.29 is 47.3 Å². The van der Waals surface area contributed by atoms with Crippen molar-refractivity contribution in [2.75, 3.05) is 20.3 Å². The second-order valence-electron chi connectivity index (χ2n) is 1.44. The fraction of sp³-hybridized carbons (Fsp3) is 0.714. The predicted molar refractivity (Wildman–Crippen MR) is 41.6 cm³/mol. The Balaban J connectivity index is -0.000000196. The first kappa shape index (κ1) is 17.7. The monoisotopic (exact) mass is 237 g/mol. The van der Waals surface area contributed by atoms with Gasteiger partial charge in [0.25, 0.3) is 6.29 Å². The van der Waals surface area contributed by atoms with Crippen molar-refractivity contribution in [1.29, 1.82) is 0 Å². The number of aliphatic hydroxyl groups is 1. The third kappa shape index (κ3) is 24.9. The van der Waals surface area contributed by atoms with E-state index in [1.54, 1.807) is 0 Å². The number of hydrogen-bond donors (Lipinski definition) is 1. The third-order valence-electron chi connectivity index (χ3n) is 0.766. The summed E-state index contributed by atoms with van der Waals surface area (Å²) in [6.07, 6.45) is 2.73. The van der Waals surface area contributed by atoms with Crippen LogP contribution in [0.2, 0.25) is 0 Å². The normalized spacial score (nSPS) is 7.18. The molecule has 0 bridgehead atoms. The van der Waals surface area contributed by atoms with E-state index in [1.807, 2.05) is 0 Å². The molecule has 0 spiro atoms. The van der Waals surface area contributed by atoms with E-state index in [4.69, 9.17) is 14.6 Å². The molecule has 0 aromatic rings. The Bertz CT molecular complexity index is 59.6. The molecule has 11 heavy (non-hydrogen) atoms. The van der Waals surface area contributed by atoms with Gasteiger partial charge in [-0.2, -0.15) is 0 Å². The molecule has 3 nitrogen and oxygen atoms in total. The quantitative estimate of drug-likeness (QED) is 0.325. The average molecular weight is 237 g/mol. The molecule has 65 valence electrons. The van der Waals surface area contributed by atoms with Gasteiger partial charge in [0.15, 0.2) is 0 Å². The van der Waals surface area contributed by atoms with E-state index in [0.717, 1.165) is 19.8 Å². The van der Waals surface area contributed by atoms with Gasteiger partial charge in [0.1, 0.15) is 0 Å². The van der Waals surface area contributed by atoms with Gasteiger partial charge in [0.05, 0.1) is 6.42 Å². The maximum absolute atomic E-state index is 8.17. The van der Waals surface area contributed by atoms with E-state index < -0.39 is 0 Å². The molecule has 0 aromatic heterocycles. The summed E-state index contributed by atoms with van der Waals surface area (Å²) in [5.74, 6) is 0. The molecule has 2 N–H and O–H groups in total. The maximum Gasteiger partial charge on any atom is 0.281 e. The van der Waals surface area contributed by atoms with Crippen molar-refractivity contribution in [3.8, 4) is 0 Å². The Morgan fingerprint density at radius 1 is 1.55 bits per heavy atom. The number of rotatable bonds is 5. The van der Waals surface area contributed by atoms with E-state index in [-0.39, 0.29) is 32.7 Å². The van der Waals surface area contributed by atoms with E-state index >= 15 is 0 Å². The van der Waals surface area contributed by atoms with Crippen molar-refractivity contribution >= 4 is 6.29 Å². The van der Waals surface area contributed by atoms with E-state index in [0.29, 0.717) is 19.6 Å². The molecule has 4 heteroatoms. The Kier molecular flexibility index (Phi) is 36.1. The molecule has 0 heterocycles.